The van der Waals surface area contributed by atoms with Crippen molar-refractivity contribution >= 4 is 33.9 Å². The standard InChI is InChI=1S/C15H12ClN3/c1-10-8-14(19-15(16)17-10)18-13-7-6-11-4-2-3-5-12(11)9-13/h2-9H,1H3,(H,17,18,19). The van der Waals surface area contributed by atoms with E-state index in [9.17, 15) is 0 Å². The molecule has 0 atom stereocenters. The van der Waals surface area contributed by atoms with Gasteiger partial charge < -0.3 is 5.32 Å². The summed E-state index contributed by atoms with van der Waals surface area (Å²) in [5.41, 5.74) is 1.82. The minimum absolute atomic E-state index is 0.253. The van der Waals surface area contributed by atoms with Gasteiger partial charge in [0.05, 0.1) is 0 Å². The maximum absolute atomic E-state index is 5.85. The van der Waals surface area contributed by atoms with Gasteiger partial charge in [0.1, 0.15) is 5.82 Å². The van der Waals surface area contributed by atoms with Crippen molar-refractivity contribution in [1.82, 2.24) is 9.97 Å². The van der Waals surface area contributed by atoms with Gasteiger partial charge in [-0.25, -0.2) is 9.97 Å². The molecule has 0 aliphatic rings. The van der Waals surface area contributed by atoms with Gasteiger partial charge in [-0.05, 0) is 41.4 Å². The molecule has 0 aliphatic heterocycles. The molecule has 0 spiro atoms. The summed E-state index contributed by atoms with van der Waals surface area (Å²) in [7, 11) is 0. The second-order valence-corrected chi connectivity index (χ2v) is 4.69. The zero-order valence-electron chi connectivity index (χ0n) is 10.4. The molecule has 94 valence electrons. The van der Waals surface area contributed by atoms with Crippen LogP contribution in [0.3, 0.4) is 0 Å². The third-order valence-electron chi connectivity index (χ3n) is 2.85. The van der Waals surface area contributed by atoms with Crippen molar-refractivity contribution in [3.63, 3.8) is 0 Å². The summed E-state index contributed by atoms with van der Waals surface area (Å²) in [5, 5.41) is 5.89. The second kappa shape index (κ2) is 4.86. The number of rotatable bonds is 2. The first-order chi connectivity index (χ1) is 9.20. The van der Waals surface area contributed by atoms with Crippen LogP contribution in [-0.2, 0) is 0 Å². The van der Waals surface area contributed by atoms with Crippen molar-refractivity contribution in [1.29, 1.82) is 0 Å². The highest BCUT2D eigenvalue weighted by atomic mass is 35.5. The molecule has 19 heavy (non-hydrogen) atoms. The molecule has 3 rings (SSSR count). The third-order valence-corrected chi connectivity index (χ3v) is 3.02. The number of fused-ring (bicyclic) bond motifs is 1. The van der Waals surface area contributed by atoms with Crippen molar-refractivity contribution in [3.05, 3.63) is 59.5 Å². The number of hydrogen-bond acceptors (Lipinski definition) is 3. The predicted octanol–water partition coefficient (Wildman–Crippen LogP) is 4.34. The van der Waals surface area contributed by atoms with Gasteiger partial charge >= 0.3 is 0 Å². The highest BCUT2D eigenvalue weighted by molar-refractivity contribution is 6.28. The molecule has 1 aromatic heterocycles. The fourth-order valence-electron chi connectivity index (χ4n) is 2.01. The van der Waals surface area contributed by atoms with Crippen molar-refractivity contribution in [2.24, 2.45) is 0 Å². The minimum Gasteiger partial charge on any atom is -0.340 e. The summed E-state index contributed by atoms with van der Waals surface area (Å²) in [6.07, 6.45) is 0. The van der Waals surface area contributed by atoms with Gasteiger partial charge in [-0.15, -0.1) is 0 Å². The Hall–Kier alpha value is -2.13. The van der Waals surface area contributed by atoms with E-state index in [0.717, 1.165) is 11.4 Å². The summed E-state index contributed by atoms with van der Waals surface area (Å²) < 4.78 is 0. The molecule has 0 saturated heterocycles. The fraction of sp³-hybridized carbons (Fsp3) is 0.0667. The average Bonchev–Trinajstić information content (AvgIpc) is 2.37. The van der Waals surface area contributed by atoms with Crippen LogP contribution in [0, 0.1) is 6.92 Å². The average molecular weight is 270 g/mol. The number of hydrogen-bond donors (Lipinski definition) is 1. The van der Waals surface area contributed by atoms with Gasteiger partial charge in [0.25, 0.3) is 0 Å². The molecular formula is C15H12ClN3. The zero-order valence-corrected chi connectivity index (χ0v) is 11.1. The molecule has 0 bridgehead atoms. The highest BCUT2D eigenvalue weighted by Crippen LogP contribution is 2.22. The Morgan fingerprint density at radius 1 is 0.947 bits per heavy atom. The van der Waals surface area contributed by atoms with Crippen LogP contribution in [0.2, 0.25) is 5.28 Å². The van der Waals surface area contributed by atoms with E-state index >= 15 is 0 Å². The molecule has 0 unspecified atom stereocenters. The normalized spacial score (nSPS) is 10.6. The lowest BCUT2D eigenvalue weighted by molar-refractivity contribution is 1.10. The van der Waals surface area contributed by atoms with Crippen LogP contribution in [0.4, 0.5) is 11.5 Å². The van der Waals surface area contributed by atoms with Crippen molar-refractivity contribution in [2.75, 3.05) is 5.32 Å². The molecule has 0 amide bonds. The Morgan fingerprint density at radius 3 is 2.53 bits per heavy atom. The number of anilines is 2. The van der Waals surface area contributed by atoms with Crippen LogP contribution in [0.5, 0.6) is 0 Å². The van der Waals surface area contributed by atoms with Gasteiger partial charge in [-0.3, -0.25) is 0 Å². The monoisotopic (exact) mass is 269 g/mol. The lowest BCUT2D eigenvalue weighted by Gasteiger charge is -2.07. The van der Waals surface area contributed by atoms with E-state index in [1.807, 2.05) is 31.2 Å². The molecule has 3 aromatic rings. The SMILES string of the molecule is Cc1cc(Nc2ccc3ccccc3c2)nc(Cl)n1. The van der Waals surface area contributed by atoms with E-state index in [1.54, 1.807) is 0 Å². The molecule has 0 radical (unpaired) electrons. The maximum atomic E-state index is 5.85. The van der Waals surface area contributed by atoms with E-state index in [1.165, 1.54) is 10.8 Å². The smallest absolute Gasteiger partial charge is 0.224 e. The van der Waals surface area contributed by atoms with E-state index in [2.05, 4.69) is 39.6 Å². The lowest BCUT2D eigenvalue weighted by atomic mass is 10.1. The summed E-state index contributed by atoms with van der Waals surface area (Å²) in [5.74, 6) is 0.702. The summed E-state index contributed by atoms with van der Waals surface area (Å²) in [6.45, 7) is 1.89. The first kappa shape index (κ1) is 11.9. The molecule has 4 heteroatoms. The fourth-order valence-corrected chi connectivity index (χ4v) is 2.24. The van der Waals surface area contributed by atoms with Gasteiger partial charge in [-0.1, -0.05) is 30.3 Å². The third kappa shape index (κ3) is 2.66. The molecule has 1 N–H and O–H groups in total. The number of nitrogens with zero attached hydrogens (tertiary/aromatic N) is 2. The van der Waals surface area contributed by atoms with Crippen LogP contribution in [-0.4, -0.2) is 9.97 Å². The number of aromatic nitrogens is 2. The quantitative estimate of drug-likeness (QED) is 0.704. The van der Waals surface area contributed by atoms with Gasteiger partial charge in [-0.2, -0.15) is 0 Å². The Labute approximate surface area is 116 Å². The van der Waals surface area contributed by atoms with Crippen LogP contribution in [0.15, 0.2) is 48.5 Å². The van der Waals surface area contributed by atoms with E-state index in [0.29, 0.717) is 5.82 Å². The Kier molecular flexibility index (Phi) is 3.05. The molecule has 2 aromatic carbocycles. The van der Waals surface area contributed by atoms with E-state index < -0.39 is 0 Å². The first-order valence-corrected chi connectivity index (χ1v) is 6.35. The molecular weight excluding hydrogens is 258 g/mol. The molecule has 3 nitrogen and oxygen atoms in total. The number of aryl methyl sites for hydroxylation is 1. The largest absolute Gasteiger partial charge is 0.340 e. The van der Waals surface area contributed by atoms with Crippen LogP contribution in [0.25, 0.3) is 10.8 Å². The van der Waals surface area contributed by atoms with E-state index in [4.69, 9.17) is 11.6 Å². The Bertz CT molecular complexity index is 720. The highest BCUT2D eigenvalue weighted by Gasteiger charge is 2.01. The second-order valence-electron chi connectivity index (χ2n) is 4.35. The van der Waals surface area contributed by atoms with Crippen molar-refractivity contribution in [3.8, 4) is 0 Å². The van der Waals surface area contributed by atoms with E-state index in [-0.39, 0.29) is 5.28 Å². The summed E-state index contributed by atoms with van der Waals surface area (Å²) in [4.78, 5) is 8.19. The number of nitrogens with one attached hydrogen (secondary N) is 1. The lowest BCUT2D eigenvalue weighted by Crippen LogP contribution is -1.96. The van der Waals surface area contributed by atoms with Crippen LogP contribution in [0.1, 0.15) is 5.69 Å². The molecule has 0 fully saturated rings. The minimum atomic E-state index is 0.253. The molecule has 0 aliphatic carbocycles. The number of halogens is 1. The summed E-state index contributed by atoms with van der Waals surface area (Å²) in [6, 6.07) is 16.3. The Morgan fingerprint density at radius 2 is 1.74 bits per heavy atom. The molecule has 0 saturated carbocycles. The van der Waals surface area contributed by atoms with Gasteiger partial charge in [0, 0.05) is 17.4 Å². The Balaban J connectivity index is 1.96. The van der Waals surface area contributed by atoms with Crippen molar-refractivity contribution < 1.29 is 0 Å². The van der Waals surface area contributed by atoms with Crippen molar-refractivity contribution in [2.45, 2.75) is 6.92 Å². The maximum Gasteiger partial charge on any atom is 0.224 e. The topological polar surface area (TPSA) is 37.8 Å². The number of benzene rings is 2. The van der Waals surface area contributed by atoms with Crippen LogP contribution >= 0.6 is 11.6 Å². The van der Waals surface area contributed by atoms with Gasteiger partial charge in [0.2, 0.25) is 5.28 Å². The predicted molar refractivity (Wildman–Crippen MR) is 79.0 cm³/mol. The zero-order chi connectivity index (χ0) is 13.2. The molecule has 1 heterocycles. The van der Waals surface area contributed by atoms with Crippen LogP contribution < -0.4 is 5.32 Å². The summed E-state index contributed by atoms with van der Waals surface area (Å²) >= 11 is 5.85. The first-order valence-electron chi connectivity index (χ1n) is 5.98. The van der Waals surface area contributed by atoms with Gasteiger partial charge in [0.15, 0.2) is 0 Å².